The number of anilines is 3. The maximum Gasteiger partial charge on any atom is 0.264 e. The molecule has 3 fully saturated rings. The number of aryl methyl sites for hydroxylation is 1. The Morgan fingerprint density at radius 1 is 1.00 bits per heavy atom. The fourth-order valence-corrected chi connectivity index (χ4v) is 10.3. The molecule has 1 spiro atoms. The molecule has 1 aromatic heterocycles. The molecule has 0 radical (unpaired) electrons. The minimum absolute atomic E-state index is 0.0118. The van der Waals surface area contributed by atoms with E-state index >= 15 is 0 Å². The Hall–Kier alpha value is -3.91. The predicted octanol–water partition coefficient (Wildman–Crippen LogP) is 2.72. The van der Waals surface area contributed by atoms with Crippen molar-refractivity contribution in [2.24, 2.45) is 5.92 Å². The number of carbonyl (C=O) groups excluding carboxylic acids is 3. The Labute approximate surface area is 268 Å². The van der Waals surface area contributed by atoms with Crippen LogP contribution in [0, 0.1) is 5.92 Å². The van der Waals surface area contributed by atoms with E-state index in [4.69, 9.17) is 4.74 Å². The summed E-state index contributed by atoms with van der Waals surface area (Å²) in [6.07, 6.45) is 3.37. The van der Waals surface area contributed by atoms with Gasteiger partial charge in [0.1, 0.15) is 0 Å². The average Bonchev–Trinajstić information content (AvgIpc) is 3.65. The van der Waals surface area contributed by atoms with E-state index in [0.717, 1.165) is 28.2 Å². The van der Waals surface area contributed by atoms with Crippen LogP contribution >= 0.6 is 0 Å². The van der Waals surface area contributed by atoms with E-state index < -0.39 is 20.0 Å². The van der Waals surface area contributed by atoms with Gasteiger partial charge in [-0.25, -0.2) is 0 Å². The van der Waals surface area contributed by atoms with Crippen LogP contribution in [0.5, 0.6) is 0 Å². The standard InChI is InChI=1S/C33H40N6O6Si/c1-21-31(46(2,3)44)28(10-14-36-20-23(13-17-40)34-35-36)45-33(21)26-18-25(38-16-12-30(38)42)8-9-27(26)39(32(33)43)19-22-4-6-24(7-5-22)37-15-11-29(37)41/h4-9,18,20-21,28,31,40,44H,10-17,19H2,1-3H3/t21-,28+,31-,33+/m1/s1. The zero-order valence-corrected chi connectivity index (χ0v) is 27.4. The second kappa shape index (κ2) is 11.4. The predicted molar refractivity (Wildman–Crippen MR) is 173 cm³/mol. The summed E-state index contributed by atoms with van der Waals surface area (Å²) in [7, 11) is -2.87. The molecule has 13 heteroatoms. The van der Waals surface area contributed by atoms with E-state index in [1.165, 1.54) is 0 Å². The third kappa shape index (κ3) is 4.96. The van der Waals surface area contributed by atoms with Crippen LogP contribution < -0.4 is 14.7 Å². The lowest BCUT2D eigenvalue weighted by molar-refractivity contribution is -0.146. The first-order valence-electron chi connectivity index (χ1n) is 16.1. The molecule has 4 aliphatic heterocycles. The van der Waals surface area contributed by atoms with Gasteiger partial charge in [0.05, 0.1) is 24.0 Å². The van der Waals surface area contributed by atoms with Gasteiger partial charge in [-0.15, -0.1) is 5.10 Å². The fourth-order valence-electron chi connectivity index (χ4n) is 7.74. The lowest BCUT2D eigenvalue weighted by Crippen LogP contribution is -2.46. The van der Waals surface area contributed by atoms with E-state index in [9.17, 15) is 24.3 Å². The molecular formula is C33H40N6O6Si. The number of nitrogens with zero attached hydrogens (tertiary/aromatic N) is 6. The number of fused-ring (bicyclic) bond motifs is 2. The first-order valence-corrected chi connectivity index (χ1v) is 19.1. The molecule has 2 N–H and O–H groups in total. The molecule has 3 saturated heterocycles. The number of aliphatic hydroxyl groups excluding tert-OH is 1. The normalized spacial score (nSPS) is 25.8. The highest BCUT2D eigenvalue weighted by Gasteiger charge is 2.66. The van der Waals surface area contributed by atoms with Gasteiger partial charge in [0.15, 0.2) is 13.9 Å². The number of ether oxygens (including phenoxy) is 1. The van der Waals surface area contributed by atoms with Gasteiger partial charge in [0.2, 0.25) is 11.8 Å². The summed E-state index contributed by atoms with van der Waals surface area (Å²) in [5.41, 5.74) is 3.06. The molecule has 0 unspecified atom stereocenters. The van der Waals surface area contributed by atoms with Crippen molar-refractivity contribution in [3.05, 3.63) is 65.5 Å². The third-order valence-electron chi connectivity index (χ3n) is 10.2. The SMILES string of the molecule is C[C@@H]1[C@@H]([Si](C)(C)O)[C@H](CCn2cc(CCO)nn2)O[C@@]12C(=O)N(Cc1ccc(N3CCC3=O)cc1)c1ccc(N3CCC3=O)cc12. The lowest BCUT2D eigenvalue weighted by Gasteiger charge is -2.33. The summed E-state index contributed by atoms with van der Waals surface area (Å²) in [6.45, 7) is 7.92. The third-order valence-corrected chi connectivity index (χ3v) is 12.7. The van der Waals surface area contributed by atoms with Crippen LogP contribution in [-0.2, 0) is 44.2 Å². The van der Waals surface area contributed by atoms with Crippen LogP contribution in [0.2, 0.25) is 18.6 Å². The highest BCUT2D eigenvalue weighted by Crippen LogP contribution is 2.60. The highest BCUT2D eigenvalue weighted by molar-refractivity contribution is 6.71. The fraction of sp³-hybridized carbons (Fsp3) is 0.485. The second-order valence-electron chi connectivity index (χ2n) is 13.4. The van der Waals surface area contributed by atoms with Crippen LogP contribution in [0.25, 0.3) is 0 Å². The Bertz CT molecular complexity index is 1690. The zero-order valence-electron chi connectivity index (χ0n) is 26.4. The molecule has 0 bridgehead atoms. The van der Waals surface area contributed by atoms with Crippen molar-refractivity contribution in [1.29, 1.82) is 0 Å². The van der Waals surface area contributed by atoms with Gasteiger partial charge in [0, 0.05) is 80.1 Å². The summed E-state index contributed by atoms with van der Waals surface area (Å²) in [6, 6.07) is 13.5. The monoisotopic (exact) mass is 644 g/mol. The number of amides is 3. The van der Waals surface area contributed by atoms with Gasteiger partial charge < -0.3 is 29.3 Å². The summed E-state index contributed by atoms with van der Waals surface area (Å²) in [5, 5.41) is 17.6. The highest BCUT2D eigenvalue weighted by atomic mass is 28.4. The number of hydrogen-bond donors (Lipinski definition) is 2. The number of aromatic nitrogens is 3. The number of β-lactam (4-membered cyclic amide) rings is 2. The molecule has 7 rings (SSSR count). The van der Waals surface area contributed by atoms with Crippen molar-refractivity contribution < 1.29 is 29.0 Å². The number of hydrogen-bond acceptors (Lipinski definition) is 8. The Morgan fingerprint density at radius 3 is 2.28 bits per heavy atom. The summed E-state index contributed by atoms with van der Waals surface area (Å²) in [4.78, 5) is 56.1. The van der Waals surface area contributed by atoms with Gasteiger partial charge in [0.25, 0.3) is 5.91 Å². The molecule has 0 saturated carbocycles. The topological polar surface area (TPSA) is 141 Å². The van der Waals surface area contributed by atoms with Gasteiger partial charge in [-0.3, -0.25) is 19.1 Å². The Kier molecular flexibility index (Phi) is 7.62. The van der Waals surface area contributed by atoms with E-state index in [0.29, 0.717) is 57.6 Å². The lowest BCUT2D eigenvalue weighted by atomic mass is 9.82. The number of aliphatic hydroxyl groups is 1. The molecule has 0 aliphatic carbocycles. The van der Waals surface area contributed by atoms with Crippen molar-refractivity contribution >= 4 is 43.1 Å². The van der Waals surface area contributed by atoms with Crippen molar-refractivity contribution in [2.75, 3.05) is 34.4 Å². The van der Waals surface area contributed by atoms with Gasteiger partial charge >= 0.3 is 0 Å². The smallest absolute Gasteiger partial charge is 0.264 e. The molecule has 242 valence electrons. The van der Waals surface area contributed by atoms with Crippen molar-refractivity contribution in [3.63, 3.8) is 0 Å². The van der Waals surface area contributed by atoms with Crippen LogP contribution in [0.3, 0.4) is 0 Å². The largest absolute Gasteiger partial charge is 0.432 e. The molecule has 3 amide bonds. The van der Waals surface area contributed by atoms with E-state index in [2.05, 4.69) is 10.3 Å². The Balaban J connectivity index is 1.24. The van der Waals surface area contributed by atoms with Gasteiger partial charge in [-0.2, -0.15) is 0 Å². The molecule has 4 atom stereocenters. The van der Waals surface area contributed by atoms with Crippen molar-refractivity contribution in [2.45, 2.75) is 76.0 Å². The van der Waals surface area contributed by atoms with Crippen molar-refractivity contribution in [3.8, 4) is 0 Å². The quantitative estimate of drug-likeness (QED) is 0.254. The zero-order chi connectivity index (χ0) is 32.4. The molecule has 2 aromatic carbocycles. The van der Waals surface area contributed by atoms with Crippen molar-refractivity contribution in [1.82, 2.24) is 15.0 Å². The van der Waals surface area contributed by atoms with E-state index in [1.54, 1.807) is 25.6 Å². The Morgan fingerprint density at radius 2 is 1.67 bits per heavy atom. The van der Waals surface area contributed by atoms with Gasteiger partial charge in [-0.1, -0.05) is 24.3 Å². The number of carbonyl (C=O) groups is 3. The van der Waals surface area contributed by atoms with E-state index in [-0.39, 0.29) is 35.8 Å². The van der Waals surface area contributed by atoms with Gasteiger partial charge in [-0.05, 0) is 55.4 Å². The molecule has 3 aromatic rings. The summed E-state index contributed by atoms with van der Waals surface area (Å²) < 4.78 is 8.69. The van der Waals surface area contributed by atoms with Crippen LogP contribution in [0.4, 0.5) is 17.1 Å². The number of benzene rings is 2. The average molecular weight is 645 g/mol. The maximum atomic E-state index is 14.8. The van der Waals surface area contributed by atoms with Crippen LogP contribution in [0.15, 0.2) is 48.7 Å². The summed E-state index contributed by atoms with van der Waals surface area (Å²) in [5.74, 6) is -0.371. The molecule has 5 heterocycles. The minimum atomic E-state index is -2.87. The van der Waals surface area contributed by atoms with E-state index in [1.807, 2.05) is 62.5 Å². The second-order valence-corrected chi connectivity index (χ2v) is 17.4. The number of rotatable bonds is 10. The van der Waals surface area contributed by atoms with Crippen LogP contribution in [0.1, 0.15) is 43.0 Å². The summed E-state index contributed by atoms with van der Waals surface area (Å²) >= 11 is 0. The molecular weight excluding hydrogens is 604 g/mol. The molecule has 12 nitrogen and oxygen atoms in total. The molecule has 4 aliphatic rings. The van der Waals surface area contributed by atoms with Crippen LogP contribution in [-0.4, -0.2) is 76.7 Å². The molecule has 46 heavy (non-hydrogen) atoms. The first kappa shape index (κ1) is 30.7. The first-order chi connectivity index (χ1) is 22.0. The maximum absolute atomic E-state index is 14.8. The minimum Gasteiger partial charge on any atom is -0.432 e.